The molecule has 0 aliphatic carbocycles. The fourth-order valence-corrected chi connectivity index (χ4v) is 3.93. The first kappa shape index (κ1) is 18.4. The van der Waals surface area contributed by atoms with Crippen LogP contribution in [0.25, 0.3) is 21.6 Å². The first-order valence-corrected chi connectivity index (χ1v) is 9.73. The Morgan fingerprint density at radius 2 is 2.04 bits per heavy atom. The Kier molecular flexibility index (Phi) is 4.96. The molecule has 0 spiro atoms. The van der Waals surface area contributed by atoms with E-state index in [4.69, 9.17) is 5.84 Å². The minimum atomic E-state index is -2.89. The maximum absolute atomic E-state index is 12.2. The molecule has 3 N–H and O–H groups in total. The maximum atomic E-state index is 12.2. The number of benzene rings is 1. The molecule has 0 atom stereocenters. The van der Waals surface area contributed by atoms with E-state index in [9.17, 15) is 13.6 Å². The average molecular weight is 422 g/mol. The molecule has 0 amide bonds. The molecule has 0 saturated heterocycles. The van der Waals surface area contributed by atoms with E-state index in [0.717, 1.165) is 0 Å². The molecule has 4 aromatic rings. The third-order valence-electron chi connectivity index (χ3n) is 3.70. The number of fused-ring (bicyclic) bond motifs is 1. The van der Waals surface area contributed by atoms with Gasteiger partial charge in [-0.05, 0) is 35.7 Å². The Hall–Kier alpha value is -2.99. The number of nitrogens with two attached hydrogens (primary N) is 1. The highest BCUT2D eigenvalue weighted by atomic mass is 32.2. The molecule has 0 unspecified atom stereocenters. The van der Waals surface area contributed by atoms with Gasteiger partial charge in [0.2, 0.25) is 5.16 Å². The number of hydrogen-bond acceptors (Lipinski definition) is 8. The Labute approximate surface area is 164 Å². The second-order valence-electron chi connectivity index (χ2n) is 5.52. The summed E-state index contributed by atoms with van der Waals surface area (Å²) in [6, 6.07) is 7.70. The highest BCUT2D eigenvalue weighted by Crippen LogP contribution is 2.25. The second kappa shape index (κ2) is 7.56. The number of thioether (sulfide) groups is 1. The number of alkyl halides is 2. The largest absolute Gasteiger partial charge is 0.435 e. The van der Waals surface area contributed by atoms with Gasteiger partial charge < -0.3 is 15.6 Å². The van der Waals surface area contributed by atoms with E-state index in [2.05, 4.69) is 24.9 Å². The van der Waals surface area contributed by atoms with Crippen LogP contribution in [0, 0.1) is 0 Å². The normalized spacial score (nSPS) is 11.4. The highest BCUT2D eigenvalue weighted by Gasteiger charge is 2.14. The lowest BCUT2D eigenvalue weighted by molar-refractivity contribution is -0.0498. The maximum Gasteiger partial charge on any atom is 0.387 e. The Morgan fingerprint density at radius 1 is 1.25 bits per heavy atom. The van der Waals surface area contributed by atoms with Crippen LogP contribution in [0.2, 0.25) is 0 Å². The first-order valence-electron chi connectivity index (χ1n) is 7.86. The van der Waals surface area contributed by atoms with Gasteiger partial charge in [0.25, 0.3) is 5.56 Å². The van der Waals surface area contributed by atoms with Crippen molar-refractivity contribution in [3.63, 3.8) is 0 Å². The van der Waals surface area contributed by atoms with Gasteiger partial charge in [0.05, 0.1) is 11.3 Å². The van der Waals surface area contributed by atoms with E-state index < -0.39 is 6.61 Å². The van der Waals surface area contributed by atoms with Gasteiger partial charge >= 0.3 is 6.61 Å². The molecule has 28 heavy (non-hydrogen) atoms. The molecule has 3 heterocycles. The van der Waals surface area contributed by atoms with Crippen LogP contribution in [-0.4, -0.2) is 31.5 Å². The van der Waals surface area contributed by atoms with Crippen molar-refractivity contribution >= 4 is 33.3 Å². The SMILES string of the molecule is Nn1c(SCc2nc3ccsc3c(=O)[nH]2)nnc1-c1ccc(OC(F)F)cc1. The number of thiophene rings is 1. The molecule has 0 aliphatic heterocycles. The van der Waals surface area contributed by atoms with Crippen LogP contribution in [0.15, 0.2) is 45.7 Å². The lowest BCUT2D eigenvalue weighted by atomic mass is 10.2. The molecule has 3 aromatic heterocycles. The quantitative estimate of drug-likeness (QED) is 0.363. The summed E-state index contributed by atoms with van der Waals surface area (Å²) < 4.78 is 30.6. The number of aromatic amines is 1. The lowest BCUT2D eigenvalue weighted by Gasteiger charge is -2.06. The number of H-pyrrole nitrogens is 1. The second-order valence-corrected chi connectivity index (χ2v) is 7.37. The summed E-state index contributed by atoms with van der Waals surface area (Å²) in [6.45, 7) is -2.89. The topological polar surface area (TPSA) is 112 Å². The van der Waals surface area contributed by atoms with Crippen molar-refractivity contribution in [2.75, 3.05) is 5.84 Å². The molecule has 0 aliphatic rings. The van der Waals surface area contributed by atoms with Crippen LogP contribution >= 0.6 is 23.1 Å². The van der Waals surface area contributed by atoms with Crippen LogP contribution in [0.5, 0.6) is 5.75 Å². The number of rotatable bonds is 6. The standard InChI is InChI=1S/C16H12F2N6O2S2/c17-15(18)26-9-3-1-8(2-4-9)13-22-23-16(24(13)19)28-7-11-20-10-5-6-27-12(10)14(25)21-11/h1-6,15H,7,19H2,(H,20,21,25). The van der Waals surface area contributed by atoms with Crippen LogP contribution in [0.3, 0.4) is 0 Å². The smallest absolute Gasteiger partial charge is 0.387 e. The van der Waals surface area contributed by atoms with Gasteiger partial charge in [-0.25, -0.2) is 9.66 Å². The van der Waals surface area contributed by atoms with E-state index in [-0.39, 0.29) is 11.3 Å². The van der Waals surface area contributed by atoms with E-state index in [1.54, 1.807) is 18.2 Å². The monoisotopic (exact) mass is 422 g/mol. The van der Waals surface area contributed by atoms with Crippen molar-refractivity contribution < 1.29 is 13.5 Å². The number of ether oxygens (including phenoxy) is 1. The number of nitrogens with one attached hydrogen (secondary N) is 1. The minimum absolute atomic E-state index is 0.0373. The summed E-state index contributed by atoms with van der Waals surface area (Å²) in [5.41, 5.74) is 1.05. The van der Waals surface area contributed by atoms with Gasteiger partial charge in [-0.15, -0.1) is 21.5 Å². The minimum Gasteiger partial charge on any atom is -0.435 e. The Morgan fingerprint density at radius 3 is 2.79 bits per heavy atom. The molecule has 4 rings (SSSR count). The zero-order chi connectivity index (χ0) is 19.7. The summed E-state index contributed by atoms with van der Waals surface area (Å²) >= 11 is 2.59. The van der Waals surface area contributed by atoms with Crippen molar-refractivity contribution in [1.29, 1.82) is 0 Å². The number of nitrogens with zero attached hydrogens (tertiary/aromatic N) is 4. The molecule has 0 radical (unpaired) electrons. The molecule has 1 aromatic carbocycles. The van der Waals surface area contributed by atoms with Crippen LogP contribution in [0.4, 0.5) is 8.78 Å². The van der Waals surface area contributed by atoms with Gasteiger partial charge in [0.15, 0.2) is 5.82 Å². The fourth-order valence-electron chi connectivity index (χ4n) is 2.48. The Balaban J connectivity index is 1.50. The summed E-state index contributed by atoms with van der Waals surface area (Å²) in [5.74, 6) is 7.29. The van der Waals surface area contributed by atoms with Gasteiger partial charge in [-0.3, -0.25) is 4.79 Å². The third-order valence-corrected chi connectivity index (χ3v) is 5.56. The number of aromatic nitrogens is 5. The molecule has 0 fully saturated rings. The van der Waals surface area contributed by atoms with Gasteiger partial charge in [0.1, 0.15) is 16.3 Å². The van der Waals surface area contributed by atoms with E-state index in [0.29, 0.717) is 38.3 Å². The number of halogens is 2. The average Bonchev–Trinajstić information content (AvgIpc) is 3.27. The highest BCUT2D eigenvalue weighted by molar-refractivity contribution is 7.98. The summed E-state index contributed by atoms with van der Waals surface area (Å²) in [4.78, 5) is 19.1. The van der Waals surface area contributed by atoms with Crippen LogP contribution in [-0.2, 0) is 5.75 Å². The molecule has 12 heteroatoms. The summed E-state index contributed by atoms with van der Waals surface area (Å²) in [7, 11) is 0. The zero-order valence-electron chi connectivity index (χ0n) is 14.0. The summed E-state index contributed by atoms with van der Waals surface area (Å²) in [5, 5.41) is 10.3. The van der Waals surface area contributed by atoms with E-state index >= 15 is 0 Å². The number of hydrogen-bond donors (Lipinski definition) is 2. The van der Waals surface area contributed by atoms with Gasteiger partial charge in [-0.2, -0.15) is 8.78 Å². The molecular weight excluding hydrogens is 410 g/mol. The van der Waals surface area contributed by atoms with Crippen LogP contribution in [0.1, 0.15) is 5.82 Å². The summed E-state index contributed by atoms with van der Waals surface area (Å²) in [6.07, 6.45) is 0. The first-order chi connectivity index (χ1) is 13.5. The predicted molar refractivity (Wildman–Crippen MR) is 102 cm³/mol. The third kappa shape index (κ3) is 3.68. The molecule has 0 bridgehead atoms. The van der Waals surface area contributed by atoms with Crippen molar-refractivity contribution in [2.24, 2.45) is 0 Å². The van der Waals surface area contributed by atoms with Crippen molar-refractivity contribution in [1.82, 2.24) is 24.8 Å². The molecule has 144 valence electrons. The van der Waals surface area contributed by atoms with Crippen molar-refractivity contribution in [3.05, 3.63) is 51.9 Å². The van der Waals surface area contributed by atoms with E-state index in [1.165, 1.54) is 39.9 Å². The molecular formula is C16H12F2N6O2S2. The molecule has 8 nitrogen and oxygen atoms in total. The van der Waals surface area contributed by atoms with Crippen LogP contribution < -0.4 is 16.1 Å². The van der Waals surface area contributed by atoms with Crippen molar-refractivity contribution in [3.8, 4) is 17.1 Å². The van der Waals surface area contributed by atoms with E-state index in [1.807, 2.05) is 5.38 Å². The molecule has 0 saturated carbocycles. The zero-order valence-corrected chi connectivity index (χ0v) is 15.6. The lowest BCUT2D eigenvalue weighted by Crippen LogP contribution is -2.12. The van der Waals surface area contributed by atoms with Gasteiger partial charge in [0, 0.05) is 5.56 Å². The number of nitrogen functional groups attached to an aromatic ring is 1. The predicted octanol–water partition coefficient (Wildman–Crippen LogP) is 2.85. The Bertz CT molecular complexity index is 1170. The van der Waals surface area contributed by atoms with Crippen molar-refractivity contribution in [2.45, 2.75) is 17.5 Å². The van der Waals surface area contributed by atoms with Gasteiger partial charge in [-0.1, -0.05) is 11.8 Å². The fraction of sp³-hybridized carbons (Fsp3) is 0.125.